The lowest BCUT2D eigenvalue weighted by molar-refractivity contribution is 0.643. The largest absolute Gasteiger partial charge is 0.369 e. The number of aromatic amines is 1. The second-order valence-electron chi connectivity index (χ2n) is 6.61. The summed E-state index contributed by atoms with van der Waals surface area (Å²) in [6.07, 6.45) is 1.68. The Morgan fingerprint density at radius 3 is 2.61 bits per heavy atom. The highest BCUT2D eigenvalue weighted by Gasteiger charge is 2.12. The molecule has 0 fully saturated rings. The van der Waals surface area contributed by atoms with Crippen molar-refractivity contribution >= 4 is 34.2 Å². The second kappa shape index (κ2) is 7.07. The average molecular weight is 374 g/mol. The van der Waals surface area contributed by atoms with E-state index in [1.54, 1.807) is 24.5 Å². The highest BCUT2D eigenvalue weighted by Crippen LogP contribution is 2.19. The van der Waals surface area contributed by atoms with Crippen LogP contribution in [0.4, 0.5) is 5.69 Å². The topological polar surface area (TPSA) is 96.2 Å². The lowest BCUT2D eigenvalue weighted by Crippen LogP contribution is -2.36. The van der Waals surface area contributed by atoms with Crippen molar-refractivity contribution in [3.8, 4) is 0 Å². The van der Waals surface area contributed by atoms with E-state index >= 15 is 0 Å². The summed E-state index contributed by atoms with van der Waals surface area (Å²) < 4.78 is 1.13. The van der Waals surface area contributed by atoms with Gasteiger partial charge in [0.25, 0.3) is 5.56 Å². The Balaban J connectivity index is 1.84. The lowest BCUT2D eigenvalue weighted by atomic mass is 10.2. The minimum Gasteiger partial charge on any atom is -0.369 e. The summed E-state index contributed by atoms with van der Waals surface area (Å²) in [5.74, 6) is 0. The van der Waals surface area contributed by atoms with Crippen LogP contribution in [0.5, 0.6) is 0 Å². The number of aromatic nitrogens is 4. The van der Waals surface area contributed by atoms with Gasteiger partial charge in [0.1, 0.15) is 0 Å². The molecule has 1 N–H and O–H groups in total. The molecule has 0 amide bonds. The van der Waals surface area contributed by atoms with E-state index in [1.807, 2.05) is 49.3 Å². The summed E-state index contributed by atoms with van der Waals surface area (Å²) in [5.41, 5.74) is 1.99. The van der Waals surface area contributed by atoms with Crippen molar-refractivity contribution in [3.63, 3.8) is 0 Å². The fourth-order valence-electron chi connectivity index (χ4n) is 2.84. The number of hydrogen-bond acceptors (Lipinski definition) is 5. The van der Waals surface area contributed by atoms with Crippen LogP contribution in [0.3, 0.4) is 0 Å². The second-order valence-corrected chi connectivity index (χ2v) is 6.61. The Morgan fingerprint density at radius 1 is 1.07 bits per heavy atom. The molecule has 0 radical (unpaired) electrons. The van der Waals surface area contributed by atoms with Gasteiger partial charge in [0, 0.05) is 14.1 Å². The van der Waals surface area contributed by atoms with Gasteiger partial charge in [-0.2, -0.15) is 0 Å². The molecule has 8 nitrogen and oxygen atoms in total. The fraction of sp³-hybridized carbons (Fsp3) is 0.150. The fourth-order valence-corrected chi connectivity index (χ4v) is 2.84. The minimum absolute atomic E-state index is 0.132. The van der Waals surface area contributed by atoms with Crippen LogP contribution in [0.25, 0.3) is 22.2 Å². The Hall–Kier alpha value is -3.81. The van der Waals surface area contributed by atoms with E-state index in [4.69, 9.17) is 0 Å². The van der Waals surface area contributed by atoms with Gasteiger partial charge in [0.2, 0.25) is 0 Å². The van der Waals surface area contributed by atoms with Crippen molar-refractivity contribution in [3.05, 3.63) is 74.9 Å². The molecule has 0 atom stereocenters. The molecule has 140 valence electrons. The molecular formula is C20H18N6O2. The van der Waals surface area contributed by atoms with E-state index in [1.165, 1.54) is 0 Å². The first-order valence-corrected chi connectivity index (χ1v) is 8.70. The zero-order valence-electron chi connectivity index (χ0n) is 15.5. The van der Waals surface area contributed by atoms with E-state index in [0.29, 0.717) is 16.7 Å². The number of nitrogens with one attached hydrogen (secondary N) is 1. The molecule has 0 aliphatic heterocycles. The van der Waals surface area contributed by atoms with Crippen molar-refractivity contribution in [2.45, 2.75) is 6.54 Å². The summed E-state index contributed by atoms with van der Waals surface area (Å²) in [5, 5.41) is 0. The normalized spacial score (nSPS) is 11.5. The zero-order chi connectivity index (χ0) is 19.7. The Morgan fingerprint density at radius 2 is 1.86 bits per heavy atom. The molecule has 0 bridgehead atoms. The predicted molar refractivity (Wildman–Crippen MR) is 109 cm³/mol. The van der Waals surface area contributed by atoms with Crippen LogP contribution in [0, 0.1) is 0 Å². The van der Waals surface area contributed by atoms with Gasteiger partial charge in [-0.05, 0) is 23.8 Å². The summed E-state index contributed by atoms with van der Waals surface area (Å²) in [7, 11) is 3.76. The molecule has 0 aliphatic rings. The first-order chi connectivity index (χ1) is 13.5. The molecule has 0 unspecified atom stereocenters. The number of benzene rings is 2. The van der Waals surface area contributed by atoms with Crippen LogP contribution in [-0.2, 0) is 6.54 Å². The molecule has 0 saturated heterocycles. The summed E-state index contributed by atoms with van der Waals surface area (Å²) in [4.78, 5) is 43.0. The van der Waals surface area contributed by atoms with Crippen molar-refractivity contribution in [2.75, 3.05) is 14.1 Å². The monoisotopic (exact) mass is 374 g/mol. The minimum atomic E-state index is -0.517. The molecule has 4 rings (SSSR count). The van der Waals surface area contributed by atoms with Crippen LogP contribution in [-0.4, -0.2) is 44.9 Å². The van der Waals surface area contributed by atoms with Crippen molar-refractivity contribution in [1.29, 1.82) is 0 Å². The number of H-pyrrole nitrogens is 1. The first-order valence-electron chi connectivity index (χ1n) is 8.70. The summed E-state index contributed by atoms with van der Waals surface area (Å²) in [6.45, 7) is 0.169. The number of hydrogen-bond donors (Lipinski definition) is 1. The Bertz CT molecular complexity index is 1310. The molecule has 2 aromatic carbocycles. The van der Waals surface area contributed by atoms with E-state index in [0.717, 1.165) is 10.1 Å². The van der Waals surface area contributed by atoms with Crippen molar-refractivity contribution < 1.29 is 0 Å². The highest BCUT2D eigenvalue weighted by atomic mass is 16.2. The van der Waals surface area contributed by atoms with E-state index in [2.05, 4.69) is 19.9 Å². The standard InChI is InChI=1S/C20H18N6O2/c1-25(2)12-21-14-8-9-15-16(10-14)23-18-17(22-15)19(27)26(20(28)24-18)11-13-6-4-3-5-7-13/h3-10,12H,11H2,1-2H3,(H,23,24,28). The summed E-state index contributed by atoms with van der Waals surface area (Å²) in [6, 6.07) is 14.6. The van der Waals surface area contributed by atoms with Gasteiger partial charge >= 0.3 is 5.69 Å². The molecule has 28 heavy (non-hydrogen) atoms. The third kappa shape index (κ3) is 3.39. The van der Waals surface area contributed by atoms with E-state index in [9.17, 15) is 9.59 Å². The average Bonchev–Trinajstić information content (AvgIpc) is 2.69. The van der Waals surface area contributed by atoms with Gasteiger partial charge in [0.05, 0.1) is 29.6 Å². The zero-order valence-corrected chi connectivity index (χ0v) is 15.5. The SMILES string of the molecule is CN(C)C=Nc1ccc2nc3c(=O)n(Cc4ccccc4)c(=O)[nH]c3nc2c1. The van der Waals surface area contributed by atoms with E-state index in [-0.39, 0.29) is 17.7 Å². The van der Waals surface area contributed by atoms with Gasteiger partial charge < -0.3 is 4.90 Å². The Kier molecular flexibility index (Phi) is 4.44. The first kappa shape index (κ1) is 17.6. The van der Waals surface area contributed by atoms with Crippen molar-refractivity contribution in [1.82, 2.24) is 24.4 Å². The van der Waals surface area contributed by atoms with Gasteiger partial charge in [-0.1, -0.05) is 30.3 Å². The van der Waals surface area contributed by atoms with E-state index < -0.39 is 11.2 Å². The van der Waals surface area contributed by atoms with Crippen molar-refractivity contribution in [2.24, 2.45) is 4.99 Å². The number of nitrogens with zero attached hydrogens (tertiary/aromatic N) is 5. The van der Waals surface area contributed by atoms with Crippen LogP contribution in [0.2, 0.25) is 0 Å². The molecule has 2 heterocycles. The molecular weight excluding hydrogens is 356 g/mol. The molecule has 4 aromatic rings. The quantitative estimate of drug-likeness (QED) is 0.334. The van der Waals surface area contributed by atoms with Crippen LogP contribution < -0.4 is 11.2 Å². The third-order valence-electron chi connectivity index (χ3n) is 4.19. The maximum atomic E-state index is 12.9. The van der Waals surface area contributed by atoms with Crippen LogP contribution in [0.1, 0.15) is 5.56 Å². The van der Waals surface area contributed by atoms with Gasteiger partial charge in [-0.25, -0.2) is 19.8 Å². The van der Waals surface area contributed by atoms with Gasteiger partial charge in [-0.15, -0.1) is 0 Å². The number of fused-ring (bicyclic) bond motifs is 2. The number of rotatable bonds is 4. The highest BCUT2D eigenvalue weighted by molar-refractivity contribution is 5.85. The molecule has 0 aliphatic carbocycles. The maximum Gasteiger partial charge on any atom is 0.330 e. The third-order valence-corrected chi connectivity index (χ3v) is 4.19. The molecule has 2 aromatic heterocycles. The molecule has 0 saturated carbocycles. The van der Waals surface area contributed by atoms with Gasteiger partial charge in [0.15, 0.2) is 11.2 Å². The molecule has 8 heteroatoms. The van der Waals surface area contributed by atoms with Crippen LogP contribution >= 0.6 is 0 Å². The Labute approximate surface area is 159 Å². The predicted octanol–water partition coefficient (Wildman–Crippen LogP) is 1.90. The summed E-state index contributed by atoms with van der Waals surface area (Å²) >= 11 is 0. The lowest BCUT2D eigenvalue weighted by Gasteiger charge is -2.07. The maximum absolute atomic E-state index is 12.9. The van der Waals surface area contributed by atoms with Gasteiger partial charge in [-0.3, -0.25) is 14.3 Å². The smallest absolute Gasteiger partial charge is 0.330 e. The number of aliphatic imine (C=N–C) groups is 1. The molecule has 0 spiro atoms. The van der Waals surface area contributed by atoms with Crippen LogP contribution in [0.15, 0.2) is 63.1 Å².